The summed E-state index contributed by atoms with van der Waals surface area (Å²) < 4.78 is 7.43. The van der Waals surface area contributed by atoms with Crippen LogP contribution in [0.1, 0.15) is 15.9 Å². The van der Waals surface area contributed by atoms with Gasteiger partial charge in [-0.25, -0.2) is 15.0 Å². The molecule has 0 aliphatic carbocycles. The minimum atomic E-state index is -0.198. The summed E-state index contributed by atoms with van der Waals surface area (Å²) in [4.78, 5) is 27.1. The number of hydrogen-bond acceptors (Lipinski definition) is 6. The molecule has 0 atom stereocenters. The highest BCUT2D eigenvalue weighted by molar-refractivity contribution is 6.13. The molecule has 6 rings (SSSR count). The van der Waals surface area contributed by atoms with E-state index < -0.39 is 0 Å². The molecule has 0 spiro atoms. The van der Waals surface area contributed by atoms with Crippen LogP contribution in [-0.4, -0.2) is 52.8 Å². The van der Waals surface area contributed by atoms with Gasteiger partial charge in [0.05, 0.1) is 30.7 Å². The van der Waals surface area contributed by atoms with E-state index >= 15 is 0 Å². The maximum absolute atomic E-state index is 11.8. The highest BCUT2D eigenvalue weighted by Gasteiger charge is 2.18. The molecule has 1 amide bonds. The van der Waals surface area contributed by atoms with Crippen LogP contribution in [0, 0.1) is 0 Å². The van der Waals surface area contributed by atoms with Crippen LogP contribution in [0.3, 0.4) is 0 Å². The fraction of sp³-hybridized carbons (Fsp3) is 0.167. The molecule has 0 radical (unpaired) electrons. The number of carbonyl (C=O) groups excluding carboxylic acids is 1. The van der Waals surface area contributed by atoms with Gasteiger partial charge in [0.1, 0.15) is 0 Å². The molecule has 8 heteroatoms. The van der Waals surface area contributed by atoms with Gasteiger partial charge in [-0.05, 0) is 36.4 Å². The number of rotatable bonds is 4. The lowest BCUT2D eigenvalue weighted by atomic mass is 10.0. The Bertz CT molecular complexity index is 1350. The molecule has 2 aliphatic rings. The van der Waals surface area contributed by atoms with Gasteiger partial charge in [-0.15, -0.1) is 0 Å². The number of fused-ring (bicyclic) bond motifs is 2. The number of aliphatic imine (C=N–C) groups is 1. The van der Waals surface area contributed by atoms with E-state index in [2.05, 4.69) is 49.4 Å². The van der Waals surface area contributed by atoms with Crippen LogP contribution in [0.2, 0.25) is 0 Å². The van der Waals surface area contributed by atoms with E-state index in [1.54, 1.807) is 12.4 Å². The van der Waals surface area contributed by atoms with Gasteiger partial charge < -0.3 is 15.0 Å². The van der Waals surface area contributed by atoms with Gasteiger partial charge in [-0.1, -0.05) is 6.07 Å². The standard InChI is InChI=1S/C24H20N6O2/c31-24-20-6-1-16(13-17(20)14-27-24)21-15-26-22(23-25-7-8-30(21)23)28-18-2-4-19(5-3-18)29-9-11-32-12-10-29/h1-8,13-15H,9-12H2,(H,26,28). The van der Waals surface area contributed by atoms with Crippen molar-refractivity contribution in [2.45, 2.75) is 0 Å². The van der Waals surface area contributed by atoms with Crippen LogP contribution in [0.15, 0.2) is 66.0 Å². The number of benzene rings is 2. The molecule has 1 saturated heterocycles. The predicted octanol–water partition coefficient (Wildman–Crippen LogP) is 3.55. The van der Waals surface area contributed by atoms with E-state index in [4.69, 9.17) is 4.74 Å². The van der Waals surface area contributed by atoms with Crippen molar-refractivity contribution in [3.8, 4) is 11.3 Å². The summed E-state index contributed by atoms with van der Waals surface area (Å²) in [6.07, 6.45) is 7.09. The molecule has 2 aliphatic heterocycles. The van der Waals surface area contributed by atoms with Crippen molar-refractivity contribution in [2.75, 3.05) is 36.5 Å². The van der Waals surface area contributed by atoms with Crippen molar-refractivity contribution in [1.82, 2.24) is 14.4 Å². The zero-order valence-corrected chi connectivity index (χ0v) is 17.2. The number of morpholine rings is 1. The highest BCUT2D eigenvalue weighted by Crippen LogP contribution is 2.28. The fourth-order valence-electron chi connectivity index (χ4n) is 4.16. The molecule has 2 aromatic carbocycles. The van der Waals surface area contributed by atoms with Crippen molar-refractivity contribution >= 4 is 35.0 Å². The molecule has 8 nitrogen and oxygen atoms in total. The maximum Gasteiger partial charge on any atom is 0.277 e. The minimum Gasteiger partial charge on any atom is -0.378 e. The van der Waals surface area contributed by atoms with Crippen LogP contribution in [0.5, 0.6) is 0 Å². The Morgan fingerprint density at radius 2 is 1.84 bits per heavy atom. The molecule has 32 heavy (non-hydrogen) atoms. The van der Waals surface area contributed by atoms with Crippen LogP contribution in [0.4, 0.5) is 17.2 Å². The number of imidazole rings is 1. The molecule has 158 valence electrons. The Balaban J connectivity index is 1.29. The van der Waals surface area contributed by atoms with Crippen molar-refractivity contribution in [2.24, 2.45) is 4.99 Å². The van der Waals surface area contributed by atoms with Gasteiger partial charge in [-0.3, -0.25) is 9.20 Å². The summed E-state index contributed by atoms with van der Waals surface area (Å²) in [5.41, 5.74) is 6.14. The molecule has 0 unspecified atom stereocenters. The normalized spacial score (nSPS) is 15.4. The van der Waals surface area contributed by atoms with Gasteiger partial charge in [0.2, 0.25) is 0 Å². The zero-order chi connectivity index (χ0) is 21.5. The largest absolute Gasteiger partial charge is 0.378 e. The van der Waals surface area contributed by atoms with Crippen molar-refractivity contribution in [3.05, 3.63) is 72.2 Å². The van der Waals surface area contributed by atoms with Gasteiger partial charge in [0, 0.05) is 54.2 Å². The summed E-state index contributed by atoms with van der Waals surface area (Å²) in [7, 11) is 0. The summed E-state index contributed by atoms with van der Waals surface area (Å²) in [6, 6.07) is 14.0. The number of anilines is 3. The van der Waals surface area contributed by atoms with Gasteiger partial charge in [0.15, 0.2) is 11.5 Å². The average molecular weight is 424 g/mol. The number of aromatic nitrogens is 3. The molecular weight excluding hydrogens is 404 g/mol. The SMILES string of the molecule is O=C1N=Cc2cc(-c3cnc(Nc4ccc(N5CCOCC5)cc4)c4nccn34)ccc21. The number of hydrogen-bond donors (Lipinski definition) is 1. The van der Waals surface area contributed by atoms with Crippen LogP contribution in [-0.2, 0) is 4.74 Å². The molecule has 2 aromatic heterocycles. The molecule has 4 heterocycles. The summed E-state index contributed by atoms with van der Waals surface area (Å²) in [6.45, 7) is 3.35. The lowest BCUT2D eigenvalue weighted by Crippen LogP contribution is -2.36. The van der Waals surface area contributed by atoms with Crippen molar-refractivity contribution in [1.29, 1.82) is 0 Å². The topological polar surface area (TPSA) is 84.1 Å². The monoisotopic (exact) mass is 424 g/mol. The maximum atomic E-state index is 11.8. The second-order valence-electron chi connectivity index (χ2n) is 7.75. The second-order valence-corrected chi connectivity index (χ2v) is 7.75. The number of nitrogens with zero attached hydrogens (tertiary/aromatic N) is 5. The molecule has 0 bridgehead atoms. The van der Waals surface area contributed by atoms with Crippen LogP contribution in [0.25, 0.3) is 16.9 Å². The van der Waals surface area contributed by atoms with Crippen LogP contribution >= 0.6 is 0 Å². The van der Waals surface area contributed by atoms with E-state index in [0.29, 0.717) is 11.4 Å². The Kier molecular flexibility index (Phi) is 4.43. The summed E-state index contributed by atoms with van der Waals surface area (Å²) in [5.74, 6) is 0.479. The minimum absolute atomic E-state index is 0.198. The molecular formula is C24H20N6O2. The average Bonchev–Trinajstić information content (AvgIpc) is 3.48. The van der Waals surface area contributed by atoms with E-state index in [0.717, 1.165) is 54.5 Å². The summed E-state index contributed by atoms with van der Waals surface area (Å²) >= 11 is 0. The Labute approximate surface area is 184 Å². The first-order valence-electron chi connectivity index (χ1n) is 10.5. The number of nitrogens with one attached hydrogen (secondary N) is 1. The highest BCUT2D eigenvalue weighted by atomic mass is 16.5. The van der Waals surface area contributed by atoms with Crippen molar-refractivity contribution in [3.63, 3.8) is 0 Å². The third-order valence-electron chi connectivity index (χ3n) is 5.83. The Morgan fingerprint density at radius 1 is 1.00 bits per heavy atom. The molecule has 4 aromatic rings. The van der Waals surface area contributed by atoms with Crippen molar-refractivity contribution < 1.29 is 9.53 Å². The van der Waals surface area contributed by atoms with E-state index in [1.165, 1.54) is 5.69 Å². The third kappa shape index (κ3) is 3.21. The molecule has 1 N–H and O–H groups in total. The van der Waals surface area contributed by atoms with Gasteiger partial charge >= 0.3 is 0 Å². The molecule has 1 fully saturated rings. The fourth-order valence-corrected chi connectivity index (χ4v) is 4.16. The number of amides is 1. The predicted molar refractivity (Wildman–Crippen MR) is 123 cm³/mol. The van der Waals surface area contributed by atoms with Gasteiger partial charge in [0.25, 0.3) is 5.91 Å². The Morgan fingerprint density at radius 3 is 2.69 bits per heavy atom. The number of ether oxygens (including phenoxy) is 1. The first-order chi connectivity index (χ1) is 15.8. The lowest BCUT2D eigenvalue weighted by molar-refractivity contribution is 0.101. The van der Waals surface area contributed by atoms with E-state index in [-0.39, 0.29) is 5.91 Å². The van der Waals surface area contributed by atoms with E-state index in [1.807, 2.05) is 35.0 Å². The third-order valence-corrected chi connectivity index (χ3v) is 5.83. The molecule has 0 saturated carbocycles. The summed E-state index contributed by atoms with van der Waals surface area (Å²) in [5, 5.41) is 3.39. The van der Waals surface area contributed by atoms with Gasteiger partial charge in [-0.2, -0.15) is 0 Å². The quantitative estimate of drug-likeness (QED) is 0.539. The smallest absolute Gasteiger partial charge is 0.277 e. The van der Waals surface area contributed by atoms with Crippen LogP contribution < -0.4 is 10.2 Å². The second kappa shape index (κ2) is 7.58. The Hall–Kier alpha value is -4.04. The number of carbonyl (C=O) groups is 1. The first kappa shape index (κ1) is 18.7. The zero-order valence-electron chi connectivity index (χ0n) is 17.2. The van der Waals surface area contributed by atoms with E-state index in [9.17, 15) is 4.79 Å². The first-order valence-corrected chi connectivity index (χ1v) is 10.5. The lowest BCUT2D eigenvalue weighted by Gasteiger charge is -2.28.